The van der Waals surface area contributed by atoms with E-state index >= 15 is 0 Å². The normalized spacial score (nSPS) is 12.1. The van der Waals surface area contributed by atoms with Crippen LogP contribution in [0.2, 0.25) is 0 Å². The zero-order valence-electron chi connectivity index (χ0n) is 19.3. The highest BCUT2D eigenvalue weighted by Crippen LogP contribution is 2.36. The topological polar surface area (TPSA) is 42.0 Å². The van der Waals surface area contributed by atoms with Crippen molar-refractivity contribution in [3.05, 3.63) is 101 Å². The summed E-state index contributed by atoms with van der Waals surface area (Å²) in [6.45, 7) is 2.48. The molecule has 1 aromatic heterocycles. The van der Waals surface area contributed by atoms with E-state index in [9.17, 15) is 26.7 Å². The summed E-state index contributed by atoms with van der Waals surface area (Å²) in [7, 11) is 0. The van der Waals surface area contributed by atoms with Crippen molar-refractivity contribution >= 4 is 28.6 Å². The number of hydrogen-bond acceptors (Lipinski definition) is 3. The van der Waals surface area contributed by atoms with E-state index in [1.54, 1.807) is 50.2 Å². The Kier molecular flexibility index (Phi) is 7.04. The van der Waals surface area contributed by atoms with Crippen molar-refractivity contribution in [2.45, 2.75) is 35.7 Å². The summed E-state index contributed by atoms with van der Waals surface area (Å²) in [5, 5.41) is 2.79. The van der Waals surface area contributed by atoms with Gasteiger partial charge in [0.15, 0.2) is 0 Å². The van der Waals surface area contributed by atoms with Crippen LogP contribution in [0.25, 0.3) is 10.9 Å². The highest BCUT2D eigenvalue weighted by Gasteiger charge is 2.34. The zero-order valence-corrected chi connectivity index (χ0v) is 20.1. The van der Waals surface area contributed by atoms with E-state index in [1.165, 1.54) is 24.4 Å². The third kappa shape index (κ3) is 5.51. The second kappa shape index (κ2) is 9.89. The van der Waals surface area contributed by atoms with Crippen LogP contribution in [0.5, 0.6) is 0 Å². The van der Waals surface area contributed by atoms with Crippen molar-refractivity contribution in [1.29, 1.82) is 0 Å². The number of alkyl halides is 5. The fourth-order valence-electron chi connectivity index (χ4n) is 3.87. The summed E-state index contributed by atoms with van der Waals surface area (Å²) in [5.74, 6) is -4.04. The molecule has 0 unspecified atom stereocenters. The molecule has 0 radical (unpaired) electrons. The first-order valence-corrected chi connectivity index (χ1v) is 11.7. The van der Waals surface area contributed by atoms with Gasteiger partial charge in [-0.25, -0.2) is 0 Å². The van der Waals surface area contributed by atoms with E-state index in [-0.39, 0.29) is 11.1 Å². The second-order valence-electron chi connectivity index (χ2n) is 8.34. The summed E-state index contributed by atoms with van der Waals surface area (Å²) in [6.07, 6.45) is -3.05. The second-order valence-corrected chi connectivity index (χ2v) is 9.46. The van der Waals surface area contributed by atoms with Crippen molar-refractivity contribution < 1.29 is 26.7 Å². The number of nitrogens with zero attached hydrogens (tertiary/aromatic N) is 1. The van der Waals surface area contributed by atoms with E-state index in [1.807, 2.05) is 0 Å². The van der Waals surface area contributed by atoms with Crippen molar-refractivity contribution in [3.8, 4) is 0 Å². The lowest BCUT2D eigenvalue weighted by Gasteiger charge is -2.20. The van der Waals surface area contributed by atoms with Crippen LogP contribution >= 0.6 is 11.8 Å². The van der Waals surface area contributed by atoms with Crippen molar-refractivity contribution in [3.63, 3.8) is 0 Å². The first-order valence-electron chi connectivity index (χ1n) is 10.9. The Morgan fingerprint density at radius 3 is 2.31 bits per heavy atom. The molecular formula is C27H21F5N2OS. The maximum absolute atomic E-state index is 15.0. The van der Waals surface area contributed by atoms with Crippen LogP contribution in [-0.2, 0) is 12.1 Å². The summed E-state index contributed by atoms with van der Waals surface area (Å²) in [4.78, 5) is 18.3. The summed E-state index contributed by atoms with van der Waals surface area (Å²) in [6, 6.07) is 15.8. The number of hydrogen-bond donors (Lipinski definition) is 1. The molecule has 0 atom stereocenters. The number of fused-ring (bicyclic) bond motifs is 1. The van der Waals surface area contributed by atoms with Crippen LogP contribution in [0.4, 0.5) is 22.0 Å². The molecule has 36 heavy (non-hydrogen) atoms. The number of nitrogens with one attached hydrogen (secondary N) is 1. The lowest BCUT2D eigenvalue weighted by atomic mass is 10.00. The van der Waals surface area contributed by atoms with Crippen molar-refractivity contribution in [1.82, 2.24) is 10.3 Å². The van der Waals surface area contributed by atoms with Gasteiger partial charge in [0.05, 0.1) is 23.2 Å². The molecule has 1 amide bonds. The zero-order chi connectivity index (χ0) is 26.1. The van der Waals surface area contributed by atoms with Gasteiger partial charge in [0.1, 0.15) is 0 Å². The predicted molar refractivity (Wildman–Crippen MR) is 129 cm³/mol. The van der Waals surface area contributed by atoms with Crippen LogP contribution in [0.15, 0.2) is 82.7 Å². The Balaban J connectivity index is 1.64. The third-order valence-electron chi connectivity index (χ3n) is 5.62. The number of para-hydroxylation sites is 1. The molecule has 0 aliphatic carbocycles. The molecule has 186 valence electrons. The number of carbonyl (C=O) groups is 1. The van der Waals surface area contributed by atoms with Crippen LogP contribution in [-0.4, -0.2) is 17.4 Å². The van der Waals surface area contributed by atoms with Gasteiger partial charge in [0, 0.05) is 26.9 Å². The van der Waals surface area contributed by atoms with Gasteiger partial charge in [-0.3, -0.25) is 9.78 Å². The minimum absolute atomic E-state index is 0.127. The Hall–Kier alpha value is -3.46. The third-order valence-corrected chi connectivity index (χ3v) is 6.66. The van der Waals surface area contributed by atoms with Crippen LogP contribution in [0, 0.1) is 13.8 Å². The maximum atomic E-state index is 15.0. The lowest BCUT2D eigenvalue weighted by molar-refractivity contribution is -0.137. The molecular weight excluding hydrogens is 495 g/mol. The molecule has 4 aromatic rings. The highest BCUT2D eigenvalue weighted by molar-refractivity contribution is 7.99. The number of halogens is 5. The molecule has 4 rings (SSSR count). The molecule has 0 aliphatic heterocycles. The van der Waals surface area contributed by atoms with Crippen LogP contribution < -0.4 is 5.32 Å². The fraction of sp³-hybridized carbons (Fsp3) is 0.185. The predicted octanol–water partition coefficient (Wildman–Crippen LogP) is 7.54. The molecule has 1 N–H and O–H groups in total. The molecule has 9 heteroatoms. The highest BCUT2D eigenvalue weighted by atomic mass is 32.2. The molecule has 0 fully saturated rings. The first-order chi connectivity index (χ1) is 17.0. The number of rotatable bonds is 6. The lowest BCUT2D eigenvalue weighted by Crippen LogP contribution is -2.35. The van der Waals surface area contributed by atoms with Gasteiger partial charge < -0.3 is 5.32 Å². The smallest absolute Gasteiger partial charge is 0.346 e. The van der Waals surface area contributed by atoms with Gasteiger partial charge in [0.2, 0.25) is 0 Å². The van der Waals surface area contributed by atoms with Gasteiger partial charge in [-0.1, -0.05) is 53.7 Å². The SMILES string of the molecule is Cc1ccc(C(F)(F)CNC(=O)c2c(Sc3ccc(C(F)(F)F)cc3)cnc3ccccc23)c(C)c1. The number of aromatic nitrogens is 1. The number of benzene rings is 3. The Bertz CT molecular complexity index is 1420. The molecule has 1 heterocycles. The van der Waals surface area contributed by atoms with Crippen molar-refractivity contribution in [2.24, 2.45) is 0 Å². The van der Waals surface area contributed by atoms with Crippen molar-refractivity contribution in [2.75, 3.05) is 6.54 Å². The van der Waals surface area contributed by atoms with Gasteiger partial charge >= 0.3 is 6.18 Å². The Morgan fingerprint density at radius 1 is 0.944 bits per heavy atom. The largest absolute Gasteiger partial charge is 0.416 e. The van der Waals surface area contributed by atoms with E-state index < -0.39 is 30.1 Å². The van der Waals surface area contributed by atoms with Gasteiger partial charge in [-0.15, -0.1) is 0 Å². The van der Waals surface area contributed by atoms with Crippen LogP contribution in [0.3, 0.4) is 0 Å². The average molecular weight is 517 g/mol. The number of carbonyl (C=O) groups excluding carboxylic acids is 1. The Labute approximate surface area is 208 Å². The summed E-state index contributed by atoms with van der Waals surface area (Å²) >= 11 is 1.03. The number of aryl methyl sites for hydroxylation is 2. The molecule has 3 aromatic carbocycles. The molecule has 0 bridgehead atoms. The molecule has 3 nitrogen and oxygen atoms in total. The summed E-state index contributed by atoms with van der Waals surface area (Å²) in [5.41, 5.74) is 0.913. The van der Waals surface area contributed by atoms with Crippen LogP contribution in [0.1, 0.15) is 32.6 Å². The molecule has 0 saturated carbocycles. The Morgan fingerprint density at radius 2 is 1.64 bits per heavy atom. The minimum atomic E-state index is -4.47. The van der Waals surface area contributed by atoms with Gasteiger partial charge in [0.25, 0.3) is 11.8 Å². The fourth-order valence-corrected chi connectivity index (χ4v) is 4.81. The first kappa shape index (κ1) is 25.6. The quantitative estimate of drug-likeness (QED) is 0.269. The summed E-state index contributed by atoms with van der Waals surface area (Å²) < 4.78 is 68.7. The monoisotopic (exact) mass is 516 g/mol. The minimum Gasteiger partial charge on any atom is -0.346 e. The van der Waals surface area contributed by atoms with E-state index in [2.05, 4.69) is 10.3 Å². The number of amides is 1. The van der Waals surface area contributed by atoms with Gasteiger partial charge in [-0.2, -0.15) is 22.0 Å². The maximum Gasteiger partial charge on any atom is 0.416 e. The van der Waals surface area contributed by atoms with E-state index in [4.69, 9.17) is 0 Å². The molecule has 0 saturated heterocycles. The van der Waals surface area contributed by atoms with Gasteiger partial charge in [-0.05, 0) is 49.7 Å². The standard InChI is InChI=1S/C27H21F5N2OS/c1-16-7-12-21(17(2)13-16)26(28,29)15-34-25(35)24-20-5-3-4-6-22(20)33-14-23(24)36-19-10-8-18(9-11-19)27(30,31)32/h3-14H,15H2,1-2H3,(H,34,35). The number of pyridine rings is 1. The molecule has 0 spiro atoms. The average Bonchev–Trinajstić information content (AvgIpc) is 2.82. The van der Waals surface area contributed by atoms with E-state index in [0.717, 1.165) is 29.5 Å². The van der Waals surface area contributed by atoms with E-state index in [0.29, 0.717) is 26.3 Å². The molecule has 0 aliphatic rings.